The third-order valence-corrected chi connectivity index (χ3v) is 2.99. The molecule has 0 saturated carbocycles. The minimum Gasteiger partial charge on any atom is -0.394 e. The highest BCUT2D eigenvalue weighted by atomic mass is 15.3. The van der Waals surface area contributed by atoms with Crippen LogP contribution in [0.25, 0.3) is 0 Å². The lowest BCUT2D eigenvalue weighted by molar-refractivity contribution is 0.538. The molecule has 92 valence electrons. The van der Waals surface area contributed by atoms with Crippen LogP contribution in [0.4, 0.5) is 11.5 Å². The number of nitrogens with two attached hydrogens (primary N) is 1. The first kappa shape index (κ1) is 12.9. The molecule has 1 aromatic rings. The van der Waals surface area contributed by atoms with E-state index in [2.05, 4.69) is 38.1 Å². The molecular formula is C12H24N4. The van der Waals surface area contributed by atoms with Crippen LogP contribution in [-0.2, 0) is 13.5 Å². The number of nitrogens with one attached hydrogen (secondary N) is 1. The van der Waals surface area contributed by atoms with Gasteiger partial charge in [-0.3, -0.25) is 4.68 Å². The first-order valence-electron chi connectivity index (χ1n) is 6.00. The summed E-state index contributed by atoms with van der Waals surface area (Å²) in [5.74, 6) is 0.940. The van der Waals surface area contributed by atoms with E-state index in [1.165, 1.54) is 0 Å². The highest BCUT2D eigenvalue weighted by Gasteiger charge is 2.20. The third kappa shape index (κ3) is 2.68. The predicted octanol–water partition coefficient (Wildman–Crippen LogP) is 2.56. The summed E-state index contributed by atoms with van der Waals surface area (Å²) in [4.78, 5) is 0. The van der Waals surface area contributed by atoms with Crippen molar-refractivity contribution in [1.82, 2.24) is 9.78 Å². The second kappa shape index (κ2) is 4.76. The van der Waals surface area contributed by atoms with E-state index in [1.807, 2.05) is 11.7 Å². The third-order valence-electron chi connectivity index (χ3n) is 2.99. The largest absolute Gasteiger partial charge is 0.394 e. The number of aryl methyl sites for hydroxylation is 2. The van der Waals surface area contributed by atoms with Crippen LogP contribution in [0.15, 0.2) is 0 Å². The molecule has 0 aromatic carbocycles. The number of hydrogen-bond acceptors (Lipinski definition) is 3. The fourth-order valence-corrected chi connectivity index (χ4v) is 1.57. The average molecular weight is 224 g/mol. The van der Waals surface area contributed by atoms with Gasteiger partial charge >= 0.3 is 0 Å². The molecule has 0 aliphatic heterocycles. The summed E-state index contributed by atoms with van der Waals surface area (Å²) in [7, 11) is 1.93. The molecule has 0 amide bonds. The van der Waals surface area contributed by atoms with Gasteiger partial charge in [0, 0.05) is 12.6 Å². The molecule has 1 rings (SSSR count). The Labute approximate surface area is 98.2 Å². The SMILES string of the molecule is CCCc1nn(C)c(NC(C)(C)CC)c1N. The second-order valence-corrected chi connectivity index (χ2v) is 4.95. The van der Waals surface area contributed by atoms with Crippen molar-refractivity contribution in [3.05, 3.63) is 5.69 Å². The molecule has 16 heavy (non-hydrogen) atoms. The molecule has 4 nitrogen and oxygen atoms in total. The van der Waals surface area contributed by atoms with Gasteiger partial charge in [-0.05, 0) is 26.7 Å². The van der Waals surface area contributed by atoms with Crippen molar-refractivity contribution >= 4 is 11.5 Å². The van der Waals surface area contributed by atoms with E-state index in [4.69, 9.17) is 5.73 Å². The molecule has 4 heteroatoms. The number of nitrogen functional groups attached to an aromatic ring is 1. The van der Waals surface area contributed by atoms with Crippen molar-refractivity contribution in [2.45, 2.75) is 52.5 Å². The molecule has 0 saturated heterocycles. The normalized spacial score (nSPS) is 11.8. The molecule has 0 fully saturated rings. The summed E-state index contributed by atoms with van der Waals surface area (Å²) in [6.07, 6.45) is 3.05. The zero-order valence-corrected chi connectivity index (χ0v) is 11.1. The summed E-state index contributed by atoms with van der Waals surface area (Å²) >= 11 is 0. The van der Waals surface area contributed by atoms with Gasteiger partial charge < -0.3 is 11.1 Å². The number of hydrogen-bond donors (Lipinski definition) is 2. The Bertz CT molecular complexity index is 352. The average Bonchev–Trinajstić information content (AvgIpc) is 2.47. The molecule has 0 aliphatic rings. The molecule has 0 bridgehead atoms. The van der Waals surface area contributed by atoms with Gasteiger partial charge in [-0.1, -0.05) is 20.3 Å². The fourth-order valence-electron chi connectivity index (χ4n) is 1.57. The summed E-state index contributed by atoms with van der Waals surface area (Å²) < 4.78 is 1.84. The van der Waals surface area contributed by atoms with Crippen LogP contribution in [0.1, 0.15) is 46.2 Å². The summed E-state index contributed by atoms with van der Waals surface area (Å²) in [6, 6.07) is 0. The van der Waals surface area contributed by atoms with Gasteiger partial charge in [0.1, 0.15) is 5.82 Å². The van der Waals surface area contributed by atoms with E-state index in [9.17, 15) is 0 Å². The number of rotatable bonds is 5. The van der Waals surface area contributed by atoms with Crippen LogP contribution in [0.2, 0.25) is 0 Å². The molecule has 3 N–H and O–H groups in total. The lowest BCUT2D eigenvalue weighted by atomic mass is 10.0. The molecule has 0 spiro atoms. The van der Waals surface area contributed by atoms with Gasteiger partial charge in [-0.15, -0.1) is 0 Å². The van der Waals surface area contributed by atoms with Gasteiger partial charge in [0.05, 0.1) is 11.4 Å². The van der Waals surface area contributed by atoms with Gasteiger partial charge in [0.15, 0.2) is 0 Å². The molecular weight excluding hydrogens is 200 g/mol. The Kier molecular flexibility index (Phi) is 3.83. The van der Waals surface area contributed by atoms with Crippen molar-refractivity contribution in [1.29, 1.82) is 0 Å². The van der Waals surface area contributed by atoms with Crippen molar-refractivity contribution in [2.75, 3.05) is 11.1 Å². The lowest BCUT2D eigenvalue weighted by Crippen LogP contribution is -2.31. The van der Waals surface area contributed by atoms with Gasteiger partial charge in [-0.25, -0.2) is 0 Å². The molecule has 0 radical (unpaired) electrons. The summed E-state index contributed by atoms with van der Waals surface area (Å²) in [6.45, 7) is 8.63. The molecule has 1 heterocycles. The fraction of sp³-hybridized carbons (Fsp3) is 0.750. The van der Waals surface area contributed by atoms with E-state index in [-0.39, 0.29) is 5.54 Å². The molecule has 0 aliphatic carbocycles. The van der Waals surface area contributed by atoms with E-state index in [0.29, 0.717) is 0 Å². The second-order valence-electron chi connectivity index (χ2n) is 4.95. The number of nitrogens with zero attached hydrogens (tertiary/aromatic N) is 2. The highest BCUT2D eigenvalue weighted by molar-refractivity contribution is 5.65. The molecule has 0 unspecified atom stereocenters. The Morgan fingerprint density at radius 3 is 2.50 bits per heavy atom. The highest BCUT2D eigenvalue weighted by Crippen LogP contribution is 2.26. The van der Waals surface area contributed by atoms with Crippen molar-refractivity contribution in [3.8, 4) is 0 Å². The van der Waals surface area contributed by atoms with Crippen LogP contribution in [-0.4, -0.2) is 15.3 Å². The number of anilines is 2. The van der Waals surface area contributed by atoms with E-state index < -0.39 is 0 Å². The van der Waals surface area contributed by atoms with Crippen LogP contribution >= 0.6 is 0 Å². The Morgan fingerprint density at radius 1 is 1.38 bits per heavy atom. The predicted molar refractivity (Wildman–Crippen MR) is 69.6 cm³/mol. The van der Waals surface area contributed by atoms with Gasteiger partial charge in [0.2, 0.25) is 0 Å². The molecule has 1 aromatic heterocycles. The van der Waals surface area contributed by atoms with E-state index >= 15 is 0 Å². The van der Waals surface area contributed by atoms with E-state index in [0.717, 1.165) is 36.5 Å². The Hall–Kier alpha value is -1.19. The summed E-state index contributed by atoms with van der Waals surface area (Å²) in [5.41, 5.74) is 7.95. The topological polar surface area (TPSA) is 55.9 Å². The van der Waals surface area contributed by atoms with Crippen LogP contribution in [0, 0.1) is 0 Å². The lowest BCUT2D eigenvalue weighted by Gasteiger charge is -2.26. The minimum atomic E-state index is 0.0470. The standard InChI is InChI=1S/C12H24N4/c1-6-8-9-10(13)11(16(5)15-9)14-12(3,4)7-2/h14H,6-8,13H2,1-5H3. The molecule has 0 atom stereocenters. The van der Waals surface area contributed by atoms with Crippen molar-refractivity contribution in [2.24, 2.45) is 7.05 Å². The van der Waals surface area contributed by atoms with Crippen LogP contribution in [0.5, 0.6) is 0 Å². The minimum absolute atomic E-state index is 0.0470. The maximum absolute atomic E-state index is 6.11. The maximum atomic E-state index is 6.11. The Morgan fingerprint density at radius 2 is 2.00 bits per heavy atom. The number of aromatic nitrogens is 2. The van der Waals surface area contributed by atoms with E-state index in [1.54, 1.807) is 0 Å². The maximum Gasteiger partial charge on any atom is 0.148 e. The first-order chi connectivity index (χ1) is 7.41. The first-order valence-corrected chi connectivity index (χ1v) is 6.00. The van der Waals surface area contributed by atoms with Crippen LogP contribution < -0.4 is 11.1 Å². The van der Waals surface area contributed by atoms with Crippen molar-refractivity contribution < 1.29 is 0 Å². The summed E-state index contributed by atoms with van der Waals surface area (Å²) in [5, 5.41) is 7.91. The van der Waals surface area contributed by atoms with Gasteiger partial charge in [0.25, 0.3) is 0 Å². The van der Waals surface area contributed by atoms with Gasteiger partial charge in [-0.2, -0.15) is 5.10 Å². The quantitative estimate of drug-likeness (QED) is 0.808. The van der Waals surface area contributed by atoms with Crippen molar-refractivity contribution in [3.63, 3.8) is 0 Å². The zero-order valence-electron chi connectivity index (χ0n) is 11.1. The zero-order chi connectivity index (χ0) is 12.3. The van der Waals surface area contributed by atoms with Crippen LogP contribution in [0.3, 0.4) is 0 Å². The Balaban J connectivity index is 2.96. The smallest absolute Gasteiger partial charge is 0.148 e. The monoisotopic (exact) mass is 224 g/mol.